The highest BCUT2D eigenvalue weighted by molar-refractivity contribution is 14.0. The summed E-state index contributed by atoms with van der Waals surface area (Å²) < 4.78 is 10.7. The average Bonchev–Trinajstić information content (AvgIpc) is 3.18. The van der Waals surface area contributed by atoms with Crippen LogP contribution in [0.1, 0.15) is 17.1 Å². The third-order valence-corrected chi connectivity index (χ3v) is 4.12. The van der Waals surface area contributed by atoms with E-state index in [4.69, 9.17) is 13.8 Å². The normalized spacial score (nSPS) is 11.2. The SMILES string of the molecule is CSCCN=C(NCCc1ccco1)N(C)Cc1ccoc1C.I. The predicted molar refractivity (Wildman–Crippen MR) is 111 cm³/mol. The molecule has 0 bridgehead atoms. The Kier molecular flexibility index (Phi) is 10.0. The number of nitrogens with one attached hydrogen (secondary N) is 1. The first kappa shape index (κ1) is 21.0. The number of hydrogen-bond acceptors (Lipinski definition) is 4. The Labute approximate surface area is 165 Å². The van der Waals surface area contributed by atoms with Crippen LogP contribution in [0.3, 0.4) is 0 Å². The number of aryl methyl sites for hydroxylation is 1. The first-order valence-electron chi connectivity index (χ1n) is 7.74. The Hall–Kier alpha value is -1.09. The first-order valence-corrected chi connectivity index (χ1v) is 9.14. The third kappa shape index (κ3) is 6.80. The Morgan fingerprint density at radius 3 is 2.75 bits per heavy atom. The molecule has 0 amide bonds. The van der Waals surface area contributed by atoms with E-state index in [2.05, 4.69) is 16.5 Å². The molecule has 0 saturated carbocycles. The molecule has 0 aromatic carbocycles. The van der Waals surface area contributed by atoms with Gasteiger partial charge in [-0.05, 0) is 31.4 Å². The van der Waals surface area contributed by atoms with Gasteiger partial charge in [0.25, 0.3) is 0 Å². The highest BCUT2D eigenvalue weighted by Crippen LogP contribution is 2.11. The van der Waals surface area contributed by atoms with Crippen molar-refractivity contribution in [1.82, 2.24) is 10.2 Å². The molecule has 0 saturated heterocycles. The number of rotatable bonds is 8. The Morgan fingerprint density at radius 2 is 2.12 bits per heavy atom. The lowest BCUT2D eigenvalue weighted by Gasteiger charge is -2.22. The summed E-state index contributed by atoms with van der Waals surface area (Å²) in [4.78, 5) is 6.82. The number of nitrogens with zero attached hydrogens (tertiary/aromatic N) is 2. The minimum Gasteiger partial charge on any atom is -0.469 e. The van der Waals surface area contributed by atoms with Crippen LogP contribution in [0, 0.1) is 6.92 Å². The first-order chi connectivity index (χ1) is 11.2. The Morgan fingerprint density at radius 1 is 1.29 bits per heavy atom. The second-order valence-electron chi connectivity index (χ2n) is 5.31. The number of guanidine groups is 1. The molecule has 0 aliphatic heterocycles. The fraction of sp³-hybridized carbons (Fsp3) is 0.471. The minimum absolute atomic E-state index is 0. The van der Waals surface area contributed by atoms with Gasteiger partial charge in [-0.2, -0.15) is 11.8 Å². The molecule has 0 atom stereocenters. The molecule has 1 N–H and O–H groups in total. The van der Waals surface area contributed by atoms with Crippen molar-refractivity contribution in [1.29, 1.82) is 0 Å². The lowest BCUT2D eigenvalue weighted by atomic mass is 10.2. The average molecular weight is 463 g/mol. The van der Waals surface area contributed by atoms with Gasteiger partial charge in [0.2, 0.25) is 0 Å². The second kappa shape index (κ2) is 11.5. The van der Waals surface area contributed by atoms with Crippen LogP contribution in [0.25, 0.3) is 0 Å². The van der Waals surface area contributed by atoms with Crippen LogP contribution in [0.2, 0.25) is 0 Å². The summed E-state index contributed by atoms with van der Waals surface area (Å²) in [7, 11) is 2.05. The lowest BCUT2D eigenvalue weighted by Crippen LogP contribution is -2.39. The van der Waals surface area contributed by atoms with Crippen LogP contribution >= 0.6 is 35.7 Å². The van der Waals surface area contributed by atoms with E-state index >= 15 is 0 Å². The molecular formula is C17H26IN3O2S. The molecule has 2 aromatic heterocycles. The molecule has 2 heterocycles. The van der Waals surface area contributed by atoms with Crippen LogP contribution in [-0.4, -0.2) is 43.0 Å². The number of thioether (sulfide) groups is 1. The van der Waals surface area contributed by atoms with E-state index in [1.807, 2.05) is 32.2 Å². The summed E-state index contributed by atoms with van der Waals surface area (Å²) in [5, 5.41) is 3.42. The van der Waals surface area contributed by atoms with E-state index in [9.17, 15) is 0 Å². The zero-order valence-corrected chi connectivity index (χ0v) is 17.6. The maximum Gasteiger partial charge on any atom is 0.194 e. The monoisotopic (exact) mass is 463 g/mol. The molecule has 5 nitrogen and oxygen atoms in total. The van der Waals surface area contributed by atoms with Gasteiger partial charge in [0.15, 0.2) is 5.96 Å². The molecule has 2 aromatic rings. The zero-order chi connectivity index (χ0) is 16.5. The molecular weight excluding hydrogens is 437 g/mol. The molecule has 134 valence electrons. The fourth-order valence-electron chi connectivity index (χ4n) is 2.21. The van der Waals surface area contributed by atoms with Gasteiger partial charge in [-0.1, -0.05) is 0 Å². The van der Waals surface area contributed by atoms with Crippen LogP contribution < -0.4 is 5.32 Å². The van der Waals surface area contributed by atoms with E-state index in [0.717, 1.165) is 49.3 Å². The molecule has 0 aliphatic rings. The highest BCUT2D eigenvalue weighted by atomic mass is 127. The van der Waals surface area contributed by atoms with Crippen molar-refractivity contribution in [3.8, 4) is 0 Å². The van der Waals surface area contributed by atoms with E-state index in [0.29, 0.717) is 0 Å². The molecule has 0 spiro atoms. The van der Waals surface area contributed by atoms with Crippen molar-refractivity contribution < 1.29 is 8.83 Å². The lowest BCUT2D eigenvalue weighted by molar-refractivity contribution is 0.458. The molecule has 0 radical (unpaired) electrons. The summed E-state index contributed by atoms with van der Waals surface area (Å²) in [6, 6.07) is 5.91. The zero-order valence-electron chi connectivity index (χ0n) is 14.4. The van der Waals surface area contributed by atoms with E-state index < -0.39 is 0 Å². The largest absolute Gasteiger partial charge is 0.469 e. The van der Waals surface area contributed by atoms with Crippen LogP contribution in [0.15, 0.2) is 44.6 Å². The van der Waals surface area contributed by atoms with Crippen LogP contribution in [-0.2, 0) is 13.0 Å². The van der Waals surface area contributed by atoms with Gasteiger partial charge in [0.05, 0.1) is 19.1 Å². The van der Waals surface area contributed by atoms with E-state index in [1.165, 1.54) is 5.56 Å². The standard InChI is InChI=1S/C17H25N3O2S.HI/c1-14-15(7-11-21-14)13-20(2)17(19-9-12-23-3)18-8-6-16-5-4-10-22-16;/h4-5,7,10-11H,6,8-9,12-13H2,1-3H3,(H,18,19);1H. The number of hydrogen-bond donors (Lipinski definition) is 1. The molecule has 0 fully saturated rings. The van der Waals surface area contributed by atoms with Crippen molar-refractivity contribution in [3.63, 3.8) is 0 Å². The Bertz CT molecular complexity index is 599. The second-order valence-corrected chi connectivity index (χ2v) is 6.30. The third-order valence-electron chi connectivity index (χ3n) is 3.53. The van der Waals surface area contributed by atoms with Gasteiger partial charge in [0.1, 0.15) is 11.5 Å². The molecule has 0 aliphatic carbocycles. The van der Waals surface area contributed by atoms with Gasteiger partial charge >= 0.3 is 0 Å². The van der Waals surface area contributed by atoms with Crippen molar-refractivity contribution in [2.75, 3.05) is 32.1 Å². The summed E-state index contributed by atoms with van der Waals surface area (Å²) in [6.07, 6.45) is 6.37. The van der Waals surface area contributed by atoms with E-state index in [1.54, 1.807) is 24.3 Å². The maximum atomic E-state index is 5.37. The van der Waals surface area contributed by atoms with Gasteiger partial charge in [0, 0.05) is 37.9 Å². The smallest absolute Gasteiger partial charge is 0.194 e. The molecule has 7 heteroatoms. The van der Waals surface area contributed by atoms with Gasteiger partial charge in [-0.15, -0.1) is 24.0 Å². The molecule has 0 unspecified atom stereocenters. The maximum absolute atomic E-state index is 5.37. The fourth-order valence-corrected chi connectivity index (χ4v) is 2.49. The minimum atomic E-state index is 0. The van der Waals surface area contributed by atoms with Crippen LogP contribution in [0.5, 0.6) is 0 Å². The molecule has 24 heavy (non-hydrogen) atoms. The van der Waals surface area contributed by atoms with Gasteiger partial charge in [-0.3, -0.25) is 4.99 Å². The van der Waals surface area contributed by atoms with Gasteiger partial charge in [-0.25, -0.2) is 0 Å². The summed E-state index contributed by atoms with van der Waals surface area (Å²) in [5.74, 6) is 3.86. The summed E-state index contributed by atoms with van der Waals surface area (Å²) in [6.45, 7) is 4.35. The van der Waals surface area contributed by atoms with Crippen LogP contribution in [0.4, 0.5) is 0 Å². The number of furan rings is 2. The summed E-state index contributed by atoms with van der Waals surface area (Å²) >= 11 is 1.80. The topological polar surface area (TPSA) is 53.9 Å². The van der Waals surface area contributed by atoms with E-state index in [-0.39, 0.29) is 24.0 Å². The number of aliphatic imine (C=N–C) groups is 1. The molecule has 2 rings (SSSR count). The quantitative estimate of drug-likeness (QED) is 0.280. The van der Waals surface area contributed by atoms with Crippen molar-refractivity contribution in [3.05, 3.63) is 47.8 Å². The van der Waals surface area contributed by atoms with Crippen molar-refractivity contribution in [2.45, 2.75) is 19.9 Å². The summed E-state index contributed by atoms with van der Waals surface area (Å²) in [5.41, 5.74) is 1.18. The van der Waals surface area contributed by atoms with Crippen molar-refractivity contribution in [2.24, 2.45) is 4.99 Å². The Balaban J connectivity index is 0.00000288. The van der Waals surface area contributed by atoms with Crippen molar-refractivity contribution >= 4 is 41.7 Å². The number of halogens is 1. The predicted octanol–water partition coefficient (Wildman–Crippen LogP) is 3.78. The van der Waals surface area contributed by atoms with Gasteiger partial charge < -0.3 is 19.1 Å². The highest BCUT2D eigenvalue weighted by Gasteiger charge is 2.10.